The standard InChI is InChI=1S/C15H28N2O2S/c1-12(2)19-11-7-6-10-17-14(18)15(13(16)20)8-4-3-5-9-15/h12H,3-11H2,1-2H3,(H2,16,20)(H,17,18). The maximum absolute atomic E-state index is 12.4. The molecule has 0 aromatic rings. The molecule has 0 aromatic heterocycles. The van der Waals surface area contributed by atoms with Crippen molar-refractivity contribution in [2.45, 2.75) is 64.9 Å². The highest BCUT2D eigenvalue weighted by Gasteiger charge is 2.41. The summed E-state index contributed by atoms with van der Waals surface area (Å²) in [7, 11) is 0. The molecule has 116 valence electrons. The topological polar surface area (TPSA) is 64.3 Å². The van der Waals surface area contributed by atoms with E-state index in [1.54, 1.807) is 0 Å². The summed E-state index contributed by atoms with van der Waals surface area (Å²) < 4.78 is 5.47. The monoisotopic (exact) mass is 300 g/mol. The minimum absolute atomic E-state index is 0.0227. The summed E-state index contributed by atoms with van der Waals surface area (Å²) >= 11 is 5.15. The van der Waals surface area contributed by atoms with E-state index in [9.17, 15) is 4.79 Å². The van der Waals surface area contributed by atoms with E-state index in [1.807, 2.05) is 13.8 Å². The van der Waals surface area contributed by atoms with Crippen molar-refractivity contribution < 1.29 is 9.53 Å². The summed E-state index contributed by atoms with van der Waals surface area (Å²) in [5.41, 5.74) is 5.24. The van der Waals surface area contributed by atoms with Crippen LogP contribution in [-0.4, -0.2) is 30.2 Å². The van der Waals surface area contributed by atoms with E-state index in [-0.39, 0.29) is 12.0 Å². The Morgan fingerprint density at radius 1 is 1.30 bits per heavy atom. The van der Waals surface area contributed by atoms with Crippen molar-refractivity contribution in [1.82, 2.24) is 5.32 Å². The predicted molar refractivity (Wildman–Crippen MR) is 85.6 cm³/mol. The molecule has 0 spiro atoms. The first-order valence-corrected chi connectivity index (χ1v) is 8.09. The number of carbonyl (C=O) groups is 1. The van der Waals surface area contributed by atoms with Crippen LogP contribution in [0.3, 0.4) is 0 Å². The van der Waals surface area contributed by atoms with Gasteiger partial charge in [0.05, 0.1) is 16.5 Å². The molecule has 3 N–H and O–H groups in total. The average molecular weight is 300 g/mol. The zero-order valence-electron chi connectivity index (χ0n) is 12.7. The summed E-state index contributed by atoms with van der Waals surface area (Å²) in [4.78, 5) is 12.8. The third-order valence-electron chi connectivity index (χ3n) is 3.92. The number of carbonyl (C=O) groups excluding carboxylic acids is 1. The van der Waals surface area contributed by atoms with Crippen LogP contribution in [0.5, 0.6) is 0 Å². The number of hydrogen-bond acceptors (Lipinski definition) is 3. The number of nitrogens with one attached hydrogen (secondary N) is 1. The molecule has 0 heterocycles. The van der Waals surface area contributed by atoms with Crippen LogP contribution in [0.15, 0.2) is 0 Å². The van der Waals surface area contributed by atoms with E-state index in [2.05, 4.69) is 5.32 Å². The Hall–Kier alpha value is -0.680. The lowest BCUT2D eigenvalue weighted by Gasteiger charge is -2.34. The molecule has 1 rings (SSSR count). The van der Waals surface area contributed by atoms with Crippen LogP contribution < -0.4 is 11.1 Å². The van der Waals surface area contributed by atoms with Crippen LogP contribution in [0, 0.1) is 5.41 Å². The van der Waals surface area contributed by atoms with Gasteiger partial charge in [-0.2, -0.15) is 0 Å². The van der Waals surface area contributed by atoms with Gasteiger partial charge in [-0.25, -0.2) is 0 Å². The van der Waals surface area contributed by atoms with Gasteiger partial charge in [-0.15, -0.1) is 0 Å². The number of rotatable bonds is 8. The van der Waals surface area contributed by atoms with E-state index >= 15 is 0 Å². The van der Waals surface area contributed by atoms with Gasteiger partial charge in [-0.3, -0.25) is 4.79 Å². The zero-order chi connectivity index (χ0) is 15.0. The molecule has 1 amide bonds. The smallest absolute Gasteiger partial charge is 0.233 e. The zero-order valence-corrected chi connectivity index (χ0v) is 13.6. The third-order valence-corrected chi connectivity index (χ3v) is 4.31. The van der Waals surface area contributed by atoms with Crippen LogP contribution in [0.25, 0.3) is 0 Å². The van der Waals surface area contributed by atoms with Crippen molar-refractivity contribution in [2.24, 2.45) is 11.1 Å². The van der Waals surface area contributed by atoms with Crippen molar-refractivity contribution in [1.29, 1.82) is 0 Å². The first-order valence-electron chi connectivity index (χ1n) is 7.69. The largest absolute Gasteiger partial charge is 0.392 e. The predicted octanol–water partition coefficient (Wildman–Crippen LogP) is 2.54. The van der Waals surface area contributed by atoms with Crippen molar-refractivity contribution in [3.8, 4) is 0 Å². The number of ether oxygens (including phenoxy) is 1. The lowest BCUT2D eigenvalue weighted by Crippen LogP contribution is -2.50. The van der Waals surface area contributed by atoms with Crippen molar-refractivity contribution in [3.05, 3.63) is 0 Å². The van der Waals surface area contributed by atoms with Crippen LogP contribution in [0.1, 0.15) is 58.8 Å². The Balaban J connectivity index is 2.31. The lowest BCUT2D eigenvalue weighted by molar-refractivity contribution is -0.128. The van der Waals surface area contributed by atoms with Crippen molar-refractivity contribution in [2.75, 3.05) is 13.2 Å². The fourth-order valence-electron chi connectivity index (χ4n) is 2.66. The second-order valence-electron chi connectivity index (χ2n) is 5.89. The molecule has 1 aliphatic rings. The van der Waals surface area contributed by atoms with Crippen LogP contribution in [-0.2, 0) is 9.53 Å². The van der Waals surface area contributed by atoms with Crippen LogP contribution in [0.2, 0.25) is 0 Å². The molecule has 4 nitrogen and oxygen atoms in total. The van der Waals surface area contributed by atoms with Crippen LogP contribution in [0.4, 0.5) is 0 Å². The molecule has 1 saturated carbocycles. The highest BCUT2D eigenvalue weighted by atomic mass is 32.1. The Morgan fingerprint density at radius 2 is 1.95 bits per heavy atom. The molecular formula is C15H28N2O2S. The first-order chi connectivity index (χ1) is 9.49. The summed E-state index contributed by atoms with van der Waals surface area (Å²) in [6.45, 7) is 5.46. The second kappa shape index (κ2) is 8.57. The average Bonchev–Trinajstić information content (AvgIpc) is 2.42. The molecular weight excluding hydrogens is 272 g/mol. The SMILES string of the molecule is CC(C)OCCCCNC(=O)C1(C(N)=S)CCCCC1. The van der Waals surface area contributed by atoms with Crippen molar-refractivity contribution in [3.63, 3.8) is 0 Å². The summed E-state index contributed by atoms with van der Waals surface area (Å²) in [5.74, 6) is 0.0227. The quantitative estimate of drug-likeness (QED) is 0.534. The van der Waals surface area contributed by atoms with Gasteiger partial charge in [0.15, 0.2) is 0 Å². The van der Waals surface area contributed by atoms with E-state index in [0.717, 1.165) is 45.1 Å². The van der Waals surface area contributed by atoms with Gasteiger partial charge in [0.1, 0.15) is 0 Å². The molecule has 0 saturated heterocycles. The van der Waals surface area contributed by atoms with Crippen molar-refractivity contribution >= 4 is 23.1 Å². The Bertz CT molecular complexity index is 326. The first kappa shape index (κ1) is 17.4. The summed E-state index contributed by atoms with van der Waals surface area (Å²) in [5, 5.41) is 3.00. The lowest BCUT2D eigenvalue weighted by atomic mass is 9.73. The molecule has 0 bridgehead atoms. The van der Waals surface area contributed by atoms with Gasteiger partial charge >= 0.3 is 0 Å². The highest BCUT2D eigenvalue weighted by Crippen LogP contribution is 2.36. The molecule has 0 radical (unpaired) electrons. The molecule has 0 unspecified atom stereocenters. The fourth-order valence-corrected chi connectivity index (χ4v) is 2.95. The number of hydrogen-bond donors (Lipinski definition) is 2. The molecule has 0 atom stereocenters. The van der Waals surface area contributed by atoms with E-state index < -0.39 is 5.41 Å². The van der Waals surface area contributed by atoms with Gasteiger partial charge < -0.3 is 15.8 Å². The van der Waals surface area contributed by atoms with Crippen LogP contribution >= 0.6 is 12.2 Å². The molecule has 1 fully saturated rings. The van der Waals surface area contributed by atoms with Gasteiger partial charge in [0, 0.05) is 13.2 Å². The molecule has 0 aromatic carbocycles. The van der Waals surface area contributed by atoms with Gasteiger partial charge in [-0.1, -0.05) is 31.5 Å². The number of amides is 1. The van der Waals surface area contributed by atoms with Gasteiger partial charge in [-0.05, 0) is 39.5 Å². The number of nitrogens with two attached hydrogens (primary N) is 1. The Kier molecular flexibility index (Phi) is 7.45. The van der Waals surface area contributed by atoms with E-state index in [4.69, 9.17) is 22.7 Å². The molecule has 5 heteroatoms. The van der Waals surface area contributed by atoms with Gasteiger partial charge in [0.25, 0.3) is 0 Å². The second-order valence-corrected chi connectivity index (χ2v) is 6.33. The minimum atomic E-state index is -0.595. The third kappa shape index (κ3) is 5.02. The molecule has 1 aliphatic carbocycles. The molecule has 0 aliphatic heterocycles. The Labute approximate surface area is 127 Å². The maximum Gasteiger partial charge on any atom is 0.233 e. The number of unbranched alkanes of at least 4 members (excludes halogenated alkanes) is 1. The van der Waals surface area contributed by atoms with E-state index in [1.165, 1.54) is 6.42 Å². The van der Waals surface area contributed by atoms with Gasteiger partial charge in [0.2, 0.25) is 5.91 Å². The molecule has 20 heavy (non-hydrogen) atoms. The Morgan fingerprint density at radius 3 is 2.50 bits per heavy atom. The fraction of sp³-hybridized carbons (Fsp3) is 0.867. The summed E-state index contributed by atoms with van der Waals surface area (Å²) in [6.07, 6.45) is 6.98. The number of thiocarbonyl (C=S) groups is 1. The van der Waals surface area contributed by atoms with E-state index in [0.29, 0.717) is 11.5 Å². The highest BCUT2D eigenvalue weighted by molar-refractivity contribution is 7.80. The minimum Gasteiger partial charge on any atom is -0.392 e. The normalized spacial score (nSPS) is 17.9. The maximum atomic E-state index is 12.4. The summed E-state index contributed by atoms with van der Waals surface area (Å²) in [6, 6.07) is 0.